The SMILES string of the molecule is CCOC(=O)CC(=O)c1ccc(OC)c(OC2Cc3ccccc3C2)c1. The van der Waals surface area contributed by atoms with Gasteiger partial charge in [-0.25, -0.2) is 0 Å². The van der Waals surface area contributed by atoms with Crippen LogP contribution in [-0.4, -0.2) is 31.6 Å². The lowest BCUT2D eigenvalue weighted by Gasteiger charge is -2.16. The average Bonchev–Trinajstić information content (AvgIpc) is 3.04. The number of methoxy groups -OCH3 is 1. The Bertz CT molecular complexity index is 787. The summed E-state index contributed by atoms with van der Waals surface area (Å²) in [6.45, 7) is 1.96. The molecule has 5 heteroatoms. The molecule has 0 N–H and O–H groups in total. The van der Waals surface area contributed by atoms with E-state index < -0.39 is 5.97 Å². The van der Waals surface area contributed by atoms with E-state index in [1.54, 1.807) is 32.2 Å². The van der Waals surface area contributed by atoms with E-state index in [2.05, 4.69) is 12.1 Å². The number of ether oxygens (including phenoxy) is 3. The van der Waals surface area contributed by atoms with E-state index in [-0.39, 0.29) is 24.9 Å². The molecule has 0 spiro atoms. The Morgan fingerprint density at radius 3 is 2.35 bits per heavy atom. The van der Waals surface area contributed by atoms with E-state index in [4.69, 9.17) is 14.2 Å². The number of carbonyl (C=O) groups is 2. The predicted octanol–water partition coefficient (Wildman–Crippen LogP) is 3.38. The van der Waals surface area contributed by atoms with Gasteiger partial charge in [0.05, 0.1) is 13.7 Å². The Labute approximate surface area is 152 Å². The monoisotopic (exact) mass is 354 g/mol. The minimum Gasteiger partial charge on any atom is -0.493 e. The van der Waals surface area contributed by atoms with E-state index in [1.807, 2.05) is 12.1 Å². The second-order valence-corrected chi connectivity index (χ2v) is 6.19. The van der Waals surface area contributed by atoms with Gasteiger partial charge in [0.2, 0.25) is 0 Å². The molecule has 0 amide bonds. The zero-order valence-corrected chi connectivity index (χ0v) is 15.0. The molecule has 26 heavy (non-hydrogen) atoms. The van der Waals surface area contributed by atoms with Gasteiger partial charge in [-0.05, 0) is 36.2 Å². The van der Waals surface area contributed by atoms with Crippen molar-refractivity contribution in [1.29, 1.82) is 0 Å². The summed E-state index contributed by atoms with van der Waals surface area (Å²) in [5, 5.41) is 0. The van der Waals surface area contributed by atoms with Gasteiger partial charge in [0, 0.05) is 18.4 Å². The maximum atomic E-state index is 12.3. The van der Waals surface area contributed by atoms with E-state index in [1.165, 1.54) is 11.1 Å². The van der Waals surface area contributed by atoms with Crippen molar-refractivity contribution in [2.75, 3.05) is 13.7 Å². The molecule has 0 atom stereocenters. The first-order chi connectivity index (χ1) is 12.6. The smallest absolute Gasteiger partial charge is 0.313 e. The fourth-order valence-electron chi connectivity index (χ4n) is 3.17. The van der Waals surface area contributed by atoms with Crippen LogP contribution in [0.5, 0.6) is 11.5 Å². The zero-order valence-electron chi connectivity index (χ0n) is 15.0. The van der Waals surface area contributed by atoms with Crippen molar-refractivity contribution in [3.63, 3.8) is 0 Å². The number of hydrogen-bond donors (Lipinski definition) is 0. The van der Waals surface area contributed by atoms with Gasteiger partial charge in [-0.3, -0.25) is 9.59 Å². The van der Waals surface area contributed by atoms with Crippen molar-refractivity contribution < 1.29 is 23.8 Å². The fourth-order valence-corrected chi connectivity index (χ4v) is 3.17. The fraction of sp³-hybridized carbons (Fsp3) is 0.333. The zero-order chi connectivity index (χ0) is 18.5. The summed E-state index contributed by atoms with van der Waals surface area (Å²) in [7, 11) is 1.56. The first-order valence-electron chi connectivity index (χ1n) is 8.71. The largest absolute Gasteiger partial charge is 0.493 e. The molecule has 0 unspecified atom stereocenters. The third-order valence-electron chi connectivity index (χ3n) is 4.40. The van der Waals surface area contributed by atoms with Gasteiger partial charge in [-0.1, -0.05) is 24.3 Å². The summed E-state index contributed by atoms with van der Waals surface area (Å²) in [5.74, 6) is 0.251. The minimum absolute atomic E-state index is 0.00305. The van der Waals surface area contributed by atoms with Crippen LogP contribution in [0.1, 0.15) is 34.8 Å². The van der Waals surface area contributed by atoms with Crippen molar-refractivity contribution >= 4 is 11.8 Å². The quantitative estimate of drug-likeness (QED) is 0.433. The molecule has 1 aliphatic carbocycles. The normalized spacial score (nSPS) is 13.2. The highest BCUT2D eigenvalue weighted by Crippen LogP contribution is 2.32. The number of fused-ring (bicyclic) bond motifs is 1. The third kappa shape index (κ3) is 4.04. The molecule has 0 fully saturated rings. The number of ketones is 1. The van der Waals surface area contributed by atoms with E-state index >= 15 is 0 Å². The van der Waals surface area contributed by atoms with Crippen molar-refractivity contribution in [3.8, 4) is 11.5 Å². The van der Waals surface area contributed by atoms with Gasteiger partial charge in [0.15, 0.2) is 17.3 Å². The van der Waals surface area contributed by atoms with Crippen LogP contribution >= 0.6 is 0 Å². The van der Waals surface area contributed by atoms with Gasteiger partial charge < -0.3 is 14.2 Å². The molecule has 0 bridgehead atoms. The standard InChI is InChI=1S/C21H22O5/c1-3-25-21(23)13-18(22)16-8-9-19(24-2)20(12-16)26-17-10-14-6-4-5-7-15(14)11-17/h4-9,12,17H,3,10-11,13H2,1-2H3. The van der Waals surface area contributed by atoms with E-state index in [0.29, 0.717) is 17.1 Å². The first-order valence-corrected chi connectivity index (χ1v) is 8.71. The Balaban J connectivity index is 1.74. The molecule has 3 rings (SSSR count). The topological polar surface area (TPSA) is 61.8 Å². The van der Waals surface area contributed by atoms with Crippen molar-refractivity contribution in [3.05, 3.63) is 59.2 Å². The molecule has 0 saturated heterocycles. The maximum absolute atomic E-state index is 12.3. The van der Waals surface area contributed by atoms with Crippen molar-refractivity contribution in [1.82, 2.24) is 0 Å². The molecule has 2 aromatic rings. The summed E-state index contributed by atoms with van der Waals surface area (Å²) in [5.41, 5.74) is 2.97. The highest BCUT2D eigenvalue weighted by Gasteiger charge is 2.24. The highest BCUT2D eigenvalue weighted by molar-refractivity contribution is 6.06. The van der Waals surface area contributed by atoms with Crippen LogP contribution in [0, 0.1) is 0 Å². The van der Waals surface area contributed by atoms with Crippen LogP contribution in [0.4, 0.5) is 0 Å². The predicted molar refractivity (Wildman–Crippen MR) is 96.8 cm³/mol. The molecule has 0 saturated carbocycles. The van der Waals surface area contributed by atoms with Gasteiger partial charge in [-0.2, -0.15) is 0 Å². The lowest BCUT2D eigenvalue weighted by atomic mass is 10.1. The van der Waals surface area contributed by atoms with Gasteiger partial charge in [-0.15, -0.1) is 0 Å². The van der Waals surface area contributed by atoms with Crippen LogP contribution in [0.15, 0.2) is 42.5 Å². The average molecular weight is 354 g/mol. The molecular weight excluding hydrogens is 332 g/mol. The molecule has 2 aromatic carbocycles. The third-order valence-corrected chi connectivity index (χ3v) is 4.40. The Kier molecular flexibility index (Phi) is 5.56. The molecule has 0 aromatic heterocycles. The van der Waals surface area contributed by atoms with E-state index in [0.717, 1.165) is 12.8 Å². The lowest BCUT2D eigenvalue weighted by molar-refractivity contribution is -0.141. The minimum atomic E-state index is -0.526. The summed E-state index contributed by atoms with van der Waals surface area (Å²) in [4.78, 5) is 23.8. The number of esters is 1. The summed E-state index contributed by atoms with van der Waals surface area (Å²) in [6.07, 6.45) is 1.35. The molecular formula is C21H22O5. The number of carbonyl (C=O) groups excluding carboxylic acids is 2. The van der Waals surface area contributed by atoms with Crippen LogP contribution in [0.2, 0.25) is 0 Å². The maximum Gasteiger partial charge on any atom is 0.313 e. The summed E-state index contributed by atoms with van der Waals surface area (Å²) >= 11 is 0. The van der Waals surface area contributed by atoms with Crippen LogP contribution in [0.25, 0.3) is 0 Å². The Hall–Kier alpha value is -2.82. The number of Topliss-reactive ketones (excluding diaryl/α,β-unsaturated/α-hetero) is 1. The molecule has 5 nitrogen and oxygen atoms in total. The molecule has 1 aliphatic rings. The Morgan fingerprint density at radius 2 is 1.73 bits per heavy atom. The van der Waals surface area contributed by atoms with Crippen molar-refractivity contribution in [2.24, 2.45) is 0 Å². The van der Waals surface area contributed by atoms with Crippen LogP contribution < -0.4 is 9.47 Å². The second-order valence-electron chi connectivity index (χ2n) is 6.19. The highest BCUT2D eigenvalue weighted by atomic mass is 16.5. The molecule has 0 radical (unpaired) electrons. The van der Waals surface area contributed by atoms with Crippen LogP contribution in [-0.2, 0) is 22.4 Å². The molecule has 136 valence electrons. The van der Waals surface area contributed by atoms with Crippen LogP contribution in [0.3, 0.4) is 0 Å². The van der Waals surface area contributed by atoms with Crippen molar-refractivity contribution in [2.45, 2.75) is 32.3 Å². The Morgan fingerprint density at radius 1 is 1.04 bits per heavy atom. The first kappa shape index (κ1) is 18.0. The number of hydrogen-bond acceptors (Lipinski definition) is 5. The van der Waals surface area contributed by atoms with Gasteiger partial charge in [0.1, 0.15) is 12.5 Å². The summed E-state index contributed by atoms with van der Waals surface area (Å²) < 4.78 is 16.3. The van der Waals surface area contributed by atoms with E-state index in [9.17, 15) is 9.59 Å². The number of rotatable bonds is 7. The summed E-state index contributed by atoms with van der Waals surface area (Å²) in [6, 6.07) is 13.2. The lowest BCUT2D eigenvalue weighted by Crippen LogP contribution is -2.17. The van der Waals surface area contributed by atoms with Gasteiger partial charge in [0.25, 0.3) is 0 Å². The molecule has 0 heterocycles. The molecule has 0 aliphatic heterocycles. The van der Waals surface area contributed by atoms with Gasteiger partial charge >= 0.3 is 5.97 Å². The second kappa shape index (κ2) is 8.04. The number of benzene rings is 2.